The van der Waals surface area contributed by atoms with Crippen LogP contribution < -0.4 is 4.74 Å². The molecule has 98 valence electrons. The number of halogens is 1. The summed E-state index contributed by atoms with van der Waals surface area (Å²) in [4.78, 5) is 10.9. The molecule has 0 aliphatic carbocycles. The number of aliphatic carboxylic acids is 1. The van der Waals surface area contributed by atoms with Crippen LogP contribution in [0.25, 0.3) is 0 Å². The normalized spacial score (nSPS) is 19.1. The van der Waals surface area contributed by atoms with Crippen LogP contribution in [0.2, 0.25) is 5.02 Å². The number of carboxylic acids is 1. The van der Waals surface area contributed by atoms with E-state index >= 15 is 0 Å². The molecule has 5 heteroatoms. The molecule has 0 spiro atoms. The number of ether oxygens (including phenoxy) is 1. The van der Waals surface area contributed by atoms with E-state index in [2.05, 4.69) is 0 Å². The molecule has 2 rings (SSSR count). The third-order valence-corrected chi connectivity index (χ3v) is 4.63. The highest BCUT2D eigenvalue weighted by Gasteiger charge is 2.25. The fourth-order valence-electron chi connectivity index (χ4n) is 1.97. The molecule has 1 aromatic carbocycles. The standard InChI is InChI=1S/C13H15ClO3S/c1-2-12(13(15)16)18-7-10-6-8-5-9(14)3-4-11(8)17-10/h3-5,10,12H,2,6-7H2,1H3,(H,15,16). The zero-order valence-electron chi connectivity index (χ0n) is 10.1. The van der Waals surface area contributed by atoms with Crippen molar-refractivity contribution in [2.45, 2.75) is 31.1 Å². The Morgan fingerprint density at radius 3 is 3.11 bits per heavy atom. The van der Waals surface area contributed by atoms with Gasteiger partial charge in [0.05, 0.1) is 0 Å². The second kappa shape index (κ2) is 5.85. The Labute approximate surface area is 115 Å². The third-order valence-electron chi connectivity index (χ3n) is 2.89. The fourth-order valence-corrected chi connectivity index (χ4v) is 3.18. The summed E-state index contributed by atoms with van der Waals surface area (Å²) in [5.41, 5.74) is 1.11. The van der Waals surface area contributed by atoms with Gasteiger partial charge in [-0.3, -0.25) is 4.79 Å². The van der Waals surface area contributed by atoms with E-state index in [1.165, 1.54) is 11.8 Å². The van der Waals surface area contributed by atoms with Gasteiger partial charge >= 0.3 is 5.97 Å². The van der Waals surface area contributed by atoms with E-state index in [4.69, 9.17) is 21.4 Å². The Morgan fingerprint density at radius 2 is 2.44 bits per heavy atom. The van der Waals surface area contributed by atoms with Gasteiger partial charge in [0.2, 0.25) is 0 Å². The summed E-state index contributed by atoms with van der Waals surface area (Å²) in [6.07, 6.45) is 1.49. The number of rotatable bonds is 5. The first-order valence-corrected chi connectivity index (χ1v) is 7.32. The van der Waals surface area contributed by atoms with Crippen LogP contribution in [0.5, 0.6) is 5.75 Å². The summed E-state index contributed by atoms with van der Waals surface area (Å²) in [5, 5.41) is 9.34. The summed E-state index contributed by atoms with van der Waals surface area (Å²) in [6.45, 7) is 1.88. The number of hydrogen-bond donors (Lipinski definition) is 1. The Balaban J connectivity index is 1.90. The van der Waals surface area contributed by atoms with Gasteiger partial charge < -0.3 is 9.84 Å². The minimum absolute atomic E-state index is 0.0527. The molecule has 1 aliphatic rings. The van der Waals surface area contributed by atoms with E-state index in [1.54, 1.807) is 0 Å². The molecule has 1 aliphatic heterocycles. The summed E-state index contributed by atoms with van der Waals surface area (Å²) in [5.74, 6) is 0.811. The zero-order valence-corrected chi connectivity index (χ0v) is 11.6. The smallest absolute Gasteiger partial charge is 0.316 e. The molecular weight excluding hydrogens is 272 g/mol. The largest absolute Gasteiger partial charge is 0.489 e. The van der Waals surface area contributed by atoms with Crippen molar-refractivity contribution in [2.75, 3.05) is 5.75 Å². The Hall–Kier alpha value is -0.870. The molecule has 0 amide bonds. The van der Waals surface area contributed by atoms with Gasteiger partial charge in [-0.05, 0) is 30.2 Å². The van der Waals surface area contributed by atoms with Gasteiger partial charge in [0, 0.05) is 17.2 Å². The molecular formula is C13H15ClO3S. The Kier molecular flexibility index (Phi) is 4.40. The molecule has 0 radical (unpaired) electrons. The van der Waals surface area contributed by atoms with E-state index in [9.17, 15) is 4.79 Å². The molecule has 3 nitrogen and oxygen atoms in total. The average Bonchev–Trinajstić information content (AvgIpc) is 2.71. The molecule has 0 saturated heterocycles. The first-order chi connectivity index (χ1) is 8.60. The van der Waals surface area contributed by atoms with Crippen LogP contribution in [-0.4, -0.2) is 28.2 Å². The van der Waals surface area contributed by atoms with Crippen molar-refractivity contribution >= 4 is 29.3 Å². The lowest BCUT2D eigenvalue weighted by Crippen LogP contribution is -2.22. The van der Waals surface area contributed by atoms with Crippen LogP contribution in [0.4, 0.5) is 0 Å². The lowest BCUT2D eigenvalue weighted by Gasteiger charge is -2.13. The van der Waals surface area contributed by atoms with E-state index < -0.39 is 5.97 Å². The SMILES string of the molecule is CCC(SCC1Cc2cc(Cl)ccc2O1)C(=O)O. The summed E-state index contributed by atoms with van der Waals surface area (Å²) >= 11 is 7.37. The summed E-state index contributed by atoms with van der Waals surface area (Å²) < 4.78 is 5.76. The van der Waals surface area contributed by atoms with Gasteiger partial charge in [-0.1, -0.05) is 18.5 Å². The molecule has 1 N–H and O–H groups in total. The minimum atomic E-state index is -0.749. The van der Waals surface area contributed by atoms with Crippen molar-refractivity contribution in [1.82, 2.24) is 0 Å². The maximum atomic E-state index is 10.9. The Morgan fingerprint density at radius 1 is 1.67 bits per heavy atom. The Bertz CT molecular complexity index is 450. The van der Waals surface area contributed by atoms with Crippen LogP contribution >= 0.6 is 23.4 Å². The fraction of sp³-hybridized carbons (Fsp3) is 0.462. The number of fused-ring (bicyclic) bond motifs is 1. The minimum Gasteiger partial charge on any atom is -0.489 e. The van der Waals surface area contributed by atoms with Gasteiger partial charge in [0.15, 0.2) is 0 Å². The predicted octanol–water partition coefficient (Wildman–Crippen LogP) is 3.24. The van der Waals surface area contributed by atoms with Crippen molar-refractivity contribution in [1.29, 1.82) is 0 Å². The molecule has 1 aromatic rings. The average molecular weight is 287 g/mol. The molecule has 2 unspecified atom stereocenters. The van der Waals surface area contributed by atoms with Crippen molar-refractivity contribution in [3.05, 3.63) is 28.8 Å². The highest BCUT2D eigenvalue weighted by molar-refractivity contribution is 8.00. The van der Waals surface area contributed by atoms with E-state index in [0.29, 0.717) is 17.2 Å². The van der Waals surface area contributed by atoms with Crippen LogP contribution in [0.1, 0.15) is 18.9 Å². The van der Waals surface area contributed by atoms with E-state index in [0.717, 1.165) is 17.7 Å². The first-order valence-electron chi connectivity index (χ1n) is 5.89. The van der Waals surface area contributed by atoms with E-state index in [-0.39, 0.29) is 11.4 Å². The highest BCUT2D eigenvalue weighted by Crippen LogP contribution is 2.32. The van der Waals surface area contributed by atoms with Gasteiger partial charge in [-0.15, -0.1) is 11.8 Å². The second-order valence-electron chi connectivity index (χ2n) is 4.26. The molecule has 1 heterocycles. The maximum Gasteiger partial charge on any atom is 0.316 e. The monoisotopic (exact) mass is 286 g/mol. The van der Waals surface area contributed by atoms with Crippen molar-refractivity contribution in [3.63, 3.8) is 0 Å². The van der Waals surface area contributed by atoms with Crippen molar-refractivity contribution in [3.8, 4) is 5.75 Å². The second-order valence-corrected chi connectivity index (χ2v) is 5.94. The number of carbonyl (C=O) groups is 1. The number of thioether (sulfide) groups is 1. The van der Waals surface area contributed by atoms with Gasteiger partial charge in [0.25, 0.3) is 0 Å². The predicted molar refractivity (Wildman–Crippen MR) is 73.7 cm³/mol. The number of hydrogen-bond acceptors (Lipinski definition) is 3. The van der Waals surface area contributed by atoms with Crippen molar-refractivity contribution < 1.29 is 14.6 Å². The molecule has 0 bridgehead atoms. The molecule has 0 fully saturated rings. The lowest BCUT2D eigenvalue weighted by molar-refractivity contribution is -0.136. The first kappa shape index (κ1) is 13.6. The van der Waals surface area contributed by atoms with Crippen LogP contribution in [0.3, 0.4) is 0 Å². The van der Waals surface area contributed by atoms with Crippen LogP contribution in [0.15, 0.2) is 18.2 Å². The highest BCUT2D eigenvalue weighted by atomic mass is 35.5. The van der Waals surface area contributed by atoms with Gasteiger partial charge in [-0.25, -0.2) is 0 Å². The van der Waals surface area contributed by atoms with E-state index in [1.807, 2.05) is 25.1 Å². The molecule has 0 saturated carbocycles. The topological polar surface area (TPSA) is 46.5 Å². The summed E-state index contributed by atoms with van der Waals surface area (Å²) in [7, 11) is 0. The third kappa shape index (κ3) is 3.12. The quantitative estimate of drug-likeness (QED) is 0.903. The molecule has 2 atom stereocenters. The van der Waals surface area contributed by atoms with Gasteiger partial charge in [-0.2, -0.15) is 0 Å². The summed E-state index contributed by atoms with van der Waals surface area (Å²) in [6, 6.07) is 5.59. The van der Waals surface area contributed by atoms with Gasteiger partial charge in [0.1, 0.15) is 17.1 Å². The number of benzene rings is 1. The van der Waals surface area contributed by atoms with Crippen LogP contribution in [-0.2, 0) is 11.2 Å². The van der Waals surface area contributed by atoms with Crippen molar-refractivity contribution in [2.24, 2.45) is 0 Å². The molecule has 0 aromatic heterocycles. The lowest BCUT2D eigenvalue weighted by atomic mass is 10.1. The zero-order chi connectivity index (χ0) is 13.1. The molecule has 18 heavy (non-hydrogen) atoms. The van der Waals surface area contributed by atoms with Crippen LogP contribution in [0, 0.1) is 0 Å². The number of carboxylic acid groups (broad SMARTS) is 1. The maximum absolute atomic E-state index is 10.9.